The summed E-state index contributed by atoms with van der Waals surface area (Å²) in [5, 5.41) is 2.30. The van der Waals surface area contributed by atoms with Gasteiger partial charge in [0.25, 0.3) is 14.2 Å². The first-order chi connectivity index (χ1) is 10.9. The van der Waals surface area contributed by atoms with Crippen LogP contribution in [0.15, 0.2) is 60.7 Å². The quantitative estimate of drug-likeness (QED) is 0.544. The van der Waals surface area contributed by atoms with Crippen LogP contribution < -0.4 is 15.4 Å². The van der Waals surface area contributed by atoms with Gasteiger partial charge in [-0.05, 0) is 44.2 Å². The lowest BCUT2D eigenvalue weighted by atomic mass is 10.1. The van der Waals surface area contributed by atoms with E-state index in [0.717, 1.165) is 5.19 Å². The molecular formula is C18H26Cl3NSi2. The molecule has 0 aliphatic rings. The van der Waals surface area contributed by atoms with Crippen LogP contribution in [0.2, 0.25) is 13.1 Å². The Morgan fingerprint density at radius 2 is 1.08 bits per heavy atom. The SMILES string of the molecule is CC(C)(C)N[Si](C)(Cl)c1ccccc1.C[Si](Cl)(Cl)c1ccccc1. The Kier molecular flexibility index (Phi) is 8.05. The minimum atomic E-state index is -2.09. The number of hydrogen-bond acceptors (Lipinski definition) is 1. The Labute approximate surface area is 162 Å². The Morgan fingerprint density at radius 1 is 0.708 bits per heavy atom. The fourth-order valence-electron chi connectivity index (χ4n) is 2.26. The van der Waals surface area contributed by atoms with Gasteiger partial charge in [0, 0.05) is 5.54 Å². The van der Waals surface area contributed by atoms with Crippen molar-refractivity contribution >= 4 is 57.8 Å². The standard InChI is InChI=1S/C11H18ClNSi.C7H8Cl2Si/c1-11(2,3)13-14(4,12)10-8-6-5-7-9-10;1-10(8,9)7-5-3-2-4-6-7/h5-9,13H,1-4H3;2-6H,1H3. The van der Waals surface area contributed by atoms with Crippen molar-refractivity contribution in [2.75, 3.05) is 0 Å². The number of nitrogens with one attached hydrogen (secondary N) is 1. The van der Waals surface area contributed by atoms with Crippen LogP contribution in [0.3, 0.4) is 0 Å². The molecule has 6 heteroatoms. The fraction of sp³-hybridized carbons (Fsp3) is 0.333. The van der Waals surface area contributed by atoms with E-state index in [2.05, 4.69) is 44.4 Å². The molecule has 0 fully saturated rings. The van der Waals surface area contributed by atoms with Gasteiger partial charge >= 0.3 is 0 Å². The zero-order valence-electron chi connectivity index (χ0n) is 14.9. The van der Waals surface area contributed by atoms with E-state index < -0.39 is 14.2 Å². The molecule has 0 spiro atoms. The molecule has 0 radical (unpaired) electrons. The predicted octanol–water partition coefficient (Wildman–Crippen LogP) is 5.04. The van der Waals surface area contributed by atoms with E-state index in [0.29, 0.717) is 0 Å². The summed E-state index contributed by atoms with van der Waals surface area (Å²) < 4.78 is 0. The van der Waals surface area contributed by atoms with Crippen molar-refractivity contribution in [2.45, 2.75) is 39.4 Å². The monoisotopic (exact) mass is 417 g/mol. The van der Waals surface area contributed by atoms with Gasteiger partial charge in [0.05, 0.1) is 0 Å². The van der Waals surface area contributed by atoms with Crippen LogP contribution in [-0.4, -0.2) is 19.8 Å². The minimum absolute atomic E-state index is 0.0680. The van der Waals surface area contributed by atoms with E-state index in [1.54, 1.807) is 0 Å². The third-order valence-electron chi connectivity index (χ3n) is 3.21. The molecule has 2 rings (SSSR count). The molecule has 0 saturated heterocycles. The highest BCUT2D eigenvalue weighted by atomic mass is 35.7. The van der Waals surface area contributed by atoms with Crippen LogP contribution in [0.25, 0.3) is 0 Å². The summed E-state index contributed by atoms with van der Waals surface area (Å²) in [6.45, 7) is 8.35. The molecule has 0 bridgehead atoms. The molecule has 0 aliphatic heterocycles. The molecule has 24 heavy (non-hydrogen) atoms. The zero-order valence-corrected chi connectivity index (χ0v) is 19.2. The largest absolute Gasteiger partial charge is 0.317 e. The van der Waals surface area contributed by atoms with Gasteiger partial charge in [-0.2, -0.15) is 0 Å². The van der Waals surface area contributed by atoms with Gasteiger partial charge in [0.2, 0.25) is 0 Å². The maximum Gasteiger partial charge on any atom is 0.277 e. The summed E-state index contributed by atoms with van der Waals surface area (Å²) in [4.78, 5) is 3.52. The van der Waals surface area contributed by atoms with Crippen LogP contribution in [0.4, 0.5) is 0 Å². The topological polar surface area (TPSA) is 12.0 Å². The van der Waals surface area contributed by atoms with Crippen LogP contribution >= 0.6 is 33.2 Å². The van der Waals surface area contributed by atoms with Crippen molar-refractivity contribution < 1.29 is 0 Å². The van der Waals surface area contributed by atoms with E-state index in [-0.39, 0.29) is 5.54 Å². The summed E-state index contributed by atoms with van der Waals surface area (Å²) in [6, 6.07) is 20.1. The first-order valence-electron chi connectivity index (χ1n) is 7.89. The van der Waals surface area contributed by atoms with E-state index >= 15 is 0 Å². The molecule has 0 aromatic heterocycles. The highest BCUT2D eigenvalue weighted by Gasteiger charge is 2.31. The van der Waals surface area contributed by atoms with Crippen LogP contribution in [0, 0.1) is 0 Å². The van der Waals surface area contributed by atoms with Gasteiger partial charge < -0.3 is 4.98 Å². The van der Waals surface area contributed by atoms with Crippen LogP contribution in [-0.2, 0) is 0 Å². The van der Waals surface area contributed by atoms with Crippen molar-refractivity contribution in [3.8, 4) is 0 Å². The van der Waals surface area contributed by atoms with Crippen LogP contribution in [0.5, 0.6) is 0 Å². The first kappa shape index (κ1) is 21.7. The average molecular weight is 419 g/mol. The third-order valence-corrected chi connectivity index (χ3v) is 9.44. The second-order valence-corrected chi connectivity index (χ2v) is 19.6. The lowest BCUT2D eigenvalue weighted by molar-refractivity contribution is 0.519. The molecule has 132 valence electrons. The van der Waals surface area contributed by atoms with Crippen LogP contribution in [0.1, 0.15) is 20.8 Å². The van der Waals surface area contributed by atoms with Gasteiger partial charge in [0.15, 0.2) is 0 Å². The summed E-state index contributed by atoms with van der Waals surface area (Å²) in [7, 11) is -1.99. The van der Waals surface area contributed by atoms with E-state index in [9.17, 15) is 0 Å². The summed E-state index contributed by atoms with van der Waals surface area (Å²) >= 11 is 18.5. The maximum atomic E-state index is 6.57. The van der Waals surface area contributed by atoms with Crippen molar-refractivity contribution in [3.63, 3.8) is 0 Å². The average Bonchev–Trinajstić information content (AvgIpc) is 2.46. The van der Waals surface area contributed by atoms with E-state index in [1.807, 2.05) is 55.1 Å². The second kappa shape index (κ2) is 8.88. The highest BCUT2D eigenvalue weighted by Crippen LogP contribution is 2.13. The molecule has 0 aliphatic carbocycles. The second-order valence-electron chi connectivity index (χ2n) is 7.00. The fourth-order valence-corrected chi connectivity index (χ4v) is 7.39. The summed E-state index contributed by atoms with van der Waals surface area (Å²) in [5.74, 6) is 0. The Morgan fingerprint density at radius 3 is 1.38 bits per heavy atom. The van der Waals surface area contributed by atoms with Gasteiger partial charge in [-0.3, -0.25) is 0 Å². The van der Waals surface area contributed by atoms with Crippen molar-refractivity contribution in [2.24, 2.45) is 0 Å². The van der Waals surface area contributed by atoms with E-state index in [1.165, 1.54) is 5.19 Å². The molecular weight excluding hydrogens is 393 g/mol. The van der Waals surface area contributed by atoms with Gasteiger partial charge in [-0.25, -0.2) is 0 Å². The van der Waals surface area contributed by atoms with Crippen molar-refractivity contribution in [1.29, 1.82) is 0 Å². The Balaban J connectivity index is 0.000000254. The minimum Gasteiger partial charge on any atom is -0.317 e. The highest BCUT2D eigenvalue weighted by molar-refractivity contribution is 7.50. The normalized spacial score (nSPS) is 14.3. The molecule has 0 saturated carbocycles. The molecule has 2 aromatic rings. The maximum absolute atomic E-state index is 6.57. The predicted molar refractivity (Wildman–Crippen MR) is 116 cm³/mol. The molecule has 1 N–H and O–H groups in total. The zero-order chi connectivity index (χ0) is 18.4. The lowest BCUT2D eigenvalue weighted by Crippen LogP contribution is -2.60. The lowest BCUT2D eigenvalue weighted by Gasteiger charge is -2.31. The Hall–Kier alpha value is -0.296. The first-order valence-corrected chi connectivity index (χ1v) is 15.9. The van der Waals surface area contributed by atoms with Gasteiger partial charge in [-0.15, -0.1) is 33.2 Å². The summed E-state index contributed by atoms with van der Waals surface area (Å²) in [6.07, 6.45) is 0. The molecule has 1 unspecified atom stereocenters. The Bertz CT molecular complexity index is 606. The smallest absolute Gasteiger partial charge is 0.277 e. The van der Waals surface area contributed by atoms with Crippen molar-refractivity contribution in [1.82, 2.24) is 4.98 Å². The third kappa shape index (κ3) is 8.19. The van der Waals surface area contributed by atoms with Gasteiger partial charge in [0.1, 0.15) is 0 Å². The molecule has 0 heterocycles. The molecule has 2 aromatic carbocycles. The number of halogens is 3. The van der Waals surface area contributed by atoms with E-state index in [4.69, 9.17) is 33.2 Å². The molecule has 0 amide bonds. The number of benzene rings is 2. The molecule has 1 atom stereocenters. The summed E-state index contributed by atoms with van der Waals surface area (Å²) in [5.41, 5.74) is 0.0680. The van der Waals surface area contributed by atoms with Crippen molar-refractivity contribution in [3.05, 3.63) is 60.7 Å². The number of rotatable bonds is 3. The van der Waals surface area contributed by atoms with Gasteiger partial charge in [-0.1, -0.05) is 60.7 Å². The molecule has 1 nitrogen and oxygen atoms in total. The number of hydrogen-bond donors (Lipinski definition) is 1.